The second-order valence-electron chi connectivity index (χ2n) is 3.34. The molecule has 0 aromatic carbocycles. The first-order valence-electron chi connectivity index (χ1n) is 5.03. The van der Waals surface area contributed by atoms with E-state index in [4.69, 9.17) is 4.74 Å². The molecule has 0 radical (unpaired) electrons. The molecule has 74 valence electrons. The first-order valence-corrected chi connectivity index (χ1v) is 5.03. The number of methoxy groups -OCH3 is 1. The Morgan fingerprint density at radius 2 is 2.08 bits per heavy atom. The van der Waals surface area contributed by atoms with E-state index in [2.05, 4.69) is 19.2 Å². The molecule has 0 amide bonds. The van der Waals surface area contributed by atoms with Crippen LogP contribution in [0.3, 0.4) is 0 Å². The van der Waals surface area contributed by atoms with E-state index < -0.39 is 0 Å². The Morgan fingerprint density at radius 1 is 1.33 bits per heavy atom. The van der Waals surface area contributed by atoms with Gasteiger partial charge in [0.25, 0.3) is 0 Å². The minimum atomic E-state index is 0.668. The average molecular weight is 173 g/mol. The summed E-state index contributed by atoms with van der Waals surface area (Å²) in [6, 6.07) is 0.668. The number of unbranched alkanes of at least 4 members (excludes halogenated alkanes) is 1. The van der Waals surface area contributed by atoms with Gasteiger partial charge < -0.3 is 10.1 Å². The zero-order chi connectivity index (χ0) is 9.23. The summed E-state index contributed by atoms with van der Waals surface area (Å²) in [6.45, 7) is 6.50. The van der Waals surface area contributed by atoms with E-state index in [9.17, 15) is 0 Å². The minimum absolute atomic E-state index is 0.668. The monoisotopic (exact) mass is 173 g/mol. The molecule has 2 heteroatoms. The molecule has 0 aliphatic rings. The van der Waals surface area contributed by atoms with E-state index in [1.54, 1.807) is 7.11 Å². The lowest BCUT2D eigenvalue weighted by Crippen LogP contribution is -2.26. The van der Waals surface area contributed by atoms with Crippen LogP contribution in [0, 0.1) is 0 Å². The van der Waals surface area contributed by atoms with Crippen LogP contribution in [-0.4, -0.2) is 26.3 Å². The number of nitrogens with one attached hydrogen (secondary N) is 1. The van der Waals surface area contributed by atoms with Crippen LogP contribution < -0.4 is 5.32 Å². The Balaban J connectivity index is 3.02. The van der Waals surface area contributed by atoms with Crippen LogP contribution in [0.25, 0.3) is 0 Å². The van der Waals surface area contributed by atoms with Crippen molar-refractivity contribution in [3.63, 3.8) is 0 Å². The zero-order valence-corrected chi connectivity index (χ0v) is 8.73. The molecule has 0 fully saturated rings. The van der Waals surface area contributed by atoms with E-state index in [1.807, 2.05) is 0 Å². The van der Waals surface area contributed by atoms with Gasteiger partial charge in [-0.25, -0.2) is 0 Å². The van der Waals surface area contributed by atoms with Crippen molar-refractivity contribution >= 4 is 0 Å². The summed E-state index contributed by atoms with van der Waals surface area (Å²) in [7, 11) is 1.76. The number of hydrogen-bond donors (Lipinski definition) is 1. The van der Waals surface area contributed by atoms with Crippen molar-refractivity contribution < 1.29 is 4.74 Å². The summed E-state index contributed by atoms with van der Waals surface area (Å²) in [6.07, 6.45) is 4.95. The van der Waals surface area contributed by atoms with Crippen LogP contribution in [0.4, 0.5) is 0 Å². The van der Waals surface area contributed by atoms with Crippen LogP contribution in [0.15, 0.2) is 0 Å². The van der Waals surface area contributed by atoms with E-state index in [0.29, 0.717) is 6.04 Å². The fourth-order valence-electron chi connectivity index (χ4n) is 1.19. The Bertz CT molecular complexity index is 85.9. The van der Waals surface area contributed by atoms with Crippen LogP contribution in [0.2, 0.25) is 0 Å². The molecule has 0 aromatic heterocycles. The number of rotatable bonds is 8. The summed E-state index contributed by atoms with van der Waals surface area (Å²) in [4.78, 5) is 0. The molecule has 2 nitrogen and oxygen atoms in total. The van der Waals surface area contributed by atoms with Gasteiger partial charge in [0.15, 0.2) is 0 Å². The van der Waals surface area contributed by atoms with Gasteiger partial charge >= 0.3 is 0 Å². The van der Waals surface area contributed by atoms with Crippen LogP contribution in [0.5, 0.6) is 0 Å². The van der Waals surface area contributed by atoms with Gasteiger partial charge in [-0.1, -0.05) is 6.92 Å². The largest absolute Gasteiger partial charge is 0.385 e. The smallest absolute Gasteiger partial charge is 0.0462 e. The summed E-state index contributed by atoms with van der Waals surface area (Å²) < 4.78 is 4.98. The third-order valence-corrected chi connectivity index (χ3v) is 1.98. The molecule has 0 aromatic rings. The zero-order valence-electron chi connectivity index (χ0n) is 8.73. The van der Waals surface area contributed by atoms with Gasteiger partial charge in [-0.2, -0.15) is 0 Å². The van der Waals surface area contributed by atoms with Gasteiger partial charge in [0.1, 0.15) is 0 Å². The maximum absolute atomic E-state index is 4.98. The first-order chi connectivity index (χ1) is 5.81. The molecule has 1 unspecified atom stereocenters. The average Bonchev–Trinajstić information content (AvgIpc) is 2.09. The van der Waals surface area contributed by atoms with Crippen molar-refractivity contribution in [2.75, 3.05) is 20.3 Å². The lowest BCUT2D eigenvalue weighted by Gasteiger charge is -2.12. The van der Waals surface area contributed by atoms with E-state index in [-0.39, 0.29) is 0 Å². The molecule has 12 heavy (non-hydrogen) atoms. The Morgan fingerprint density at radius 3 is 2.67 bits per heavy atom. The third kappa shape index (κ3) is 8.02. The Labute approximate surface area is 76.7 Å². The van der Waals surface area contributed by atoms with Gasteiger partial charge in [-0.3, -0.25) is 0 Å². The molecule has 0 saturated heterocycles. The normalized spacial score (nSPS) is 13.2. The molecule has 0 rings (SSSR count). The summed E-state index contributed by atoms with van der Waals surface area (Å²) in [5, 5.41) is 3.47. The fraction of sp³-hybridized carbons (Fsp3) is 1.00. The summed E-state index contributed by atoms with van der Waals surface area (Å²) >= 11 is 0. The first kappa shape index (κ1) is 11.9. The van der Waals surface area contributed by atoms with E-state index >= 15 is 0 Å². The van der Waals surface area contributed by atoms with Crippen molar-refractivity contribution in [1.29, 1.82) is 0 Å². The van der Waals surface area contributed by atoms with Gasteiger partial charge in [0.2, 0.25) is 0 Å². The highest BCUT2D eigenvalue weighted by molar-refractivity contribution is 4.59. The van der Waals surface area contributed by atoms with E-state index in [0.717, 1.165) is 13.2 Å². The number of ether oxygens (including phenoxy) is 1. The predicted molar refractivity (Wildman–Crippen MR) is 53.5 cm³/mol. The quantitative estimate of drug-likeness (QED) is 0.568. The van der Waals surface area contributed by atoms with Gasteiger partial charge in [0.05, 0.1) is 0 Å². The van der Waals surface area contributed by atoms with Crippen molar-refractivity contribution in [3.8, 4) is 0 Å². The number of hydrogen-bond acceptors (Lipinski definition) is 2. The Hall–Kier alpha value is -0.0800. The maximum Gasteiger partial charge on any atom is 0.0462 e. The molecule has 0 aliphatic heterocycles. The highest BCUT2D eigenvalue weighted by Crippen LogP contribution is 2.00. The lowest BCUT2D eigenvalue weighted by atomic mass is 10.1. The molecule has 1 atom stereocenters. The van der Waals surface area contributed by atoms with E-state index in [1.165, 1.54) is 25.7 Å². The van der Waals surface area contributed by atoms with Gasteiger partial charge in [0, 0.05) is 19.8 Å². The van der Waals surface area contributed by atoms with Crippen LogP contribution >= 0.6 is 0 Å². The highest BCUT2D eigenvalue weighted by atomic mass is 16.5. The molecular formula is C10H23NO. The molecule has 0 saturated carbocycles. The van der Waals surface area contributed by atoms with Crippen molar-refractivity contribution in [3.05, 3.63) is 0 Å². The molecule has 0 spiro atoms. The van der Waals surface area contributed by atoms with Crippen LogP contribution in [-0.2, 0) is 4.74 Å². The summed E-state index contributed by atoms with van der Waals surface area (Å²) in [5.41, 5.74) is 0. The second kappa shape index (κ2) is 9.01. The topological polar surface area (TPSA) is 21.3 Å². The minimum Gasteiger partial charge on any atom is -0.385 e. The standard InChI is InChI=1S/C10H23NO/c1-4-8-11-10(2)7-5-6-9-12-3/h10-11H,4-9H2,1-3H3. The maximum atomic E-state index is 4.98. The predicted octanol–water partition coefficient (Wildman–Crippen LogP) is 2.19. The lowest BCUT2D eigenvalue weighted by molar-refractivity contribution is 0.191. The fourth-order valence-corrected chi connectivity index (χ4v) is 1.19. The molecular weight excluding hydrogens is 150 g/mol. The van der Waals surface area contributed by atoms with Crippen molar-refractivity contribution in [2.24, 2.45) is 0 Å². The van der Waals surface area contributed by atoms with Crippen molar-refractivity contribution in [1.82, 2.24) is 5.32 Å². The SMILES string of the molecule is CCCNC(C)CCCCOC. The third-order valence-electron chi connectivity index (χ3n) is 1.98. The molecule has 0 aliphatic carbocycles. The summed E-state index contributed by atoms with van der Waals surface area (Å²) in [5.74, 6) is 0. The highest BCUT2D eigenvalue weighted by Gasteiger charge is 1.98. The van der Waals surface area contributed by atoms with Gasteiger partial charge in [-0.05, 0) is 39.2 Å². The van der Waals surface area contributed by atoms with Gasteiger partial charge in [-0.15, -0.1) is 0 Å². The Kier molecular flexibility index (Phi) is 8.95. The molecule has 1 N–H and O–H groups in total. The molecule has 0 heterocycles. The second-order valence-corrected chi connectivity index (χ2v) is 3.34. The van der Waals surface area contributed by atoms with Crippen LogP contribution in [0.1, 0.15) is 39.5 Å². The van der Waals surface area contributed by atoms with Crippen molar-refractivity contribution in [2.45, 2.75) is 45.6 Å². The molecule has 0 bridgehead atoms.